The van der Waals surface area contributed by atoms with E-state index in [9.17, 15) is 9.59 Å². The molecule has 4 heteroatoms. The predicted octanol–water partition coefficient (Wildman–Crippen LogP) is 5.30. The fraction of sp³-hybridized carbons (Fsp3) is 0.154. The van der Waals surface area contributed by atoms with Crippen LogP contribution in [0.2, 0.25) is 0 Å². The Kier molecular flexibility index (Phi) is 5.23. The third-order valence-corrected chi connectivity index (χ3v) is 5.65. The zero-order chi connectivity index (χ0) is 21.3. The van der Waals surface area contributed by atoms with Crippen molar-refractivity contribution in [3.8, 4) is 0 Å². The number of carbonyl (C=O) groups is 1. The summed E-state index contributed by atoms with van der Waals surface area (Å²) in [6, 6.07) is 23.0. The third-order valence-electron chi connectivity index (χ3n) is 5.65. The number of nitrogens with zero attached hydrogens (tertiary/aromatic N) is 1. The summed E-state index contributed by atoms with van der Waals surface area (Å²) < 4.78 is 0. The van der Waals surface area contributed by atoms with E-state index in [0.717, 1.165) is 33.3 Å². The van der Waals surface area contributed by atoms with Crippen LogP contribution in [0.3, 0.4) is 0 Å². The molecule has 1 N–H and O–H groups in total. The number of rotatable bonds is 4. The molecule has 0 aliphatic carbocycles. The van der Waals surface area contributed by atoms with Gasteiger partial charge in [0.15, 0.2) is 0 Å². The Morgan fingerprint density at radius 1 is 0.867 bits per heavy atom. The van der Waals surface area contributed by atoms with Gasteiger partial charge in [0.2, 0.25) is 0 Å². The van der Waals surface area contributed by atoms with E-state index in [-0.39, 0.29) is 18.0 Å². The van der Waals surface area contributed by atoms with Gasteiger partial charge in [-0.15, -0.1) is 0 Å². The molecule has 4 rings (SSSR count). The molecule has 0 fully saturated rings. The van der Waals surface area contributed by atoms with Crippen molar-refractivity contribution in [1.29, 1.82) is 0 Å². The Bertz CT molecular complexity index is 1300. The lowest BCUT2D eigenvalue weighted by Crippen LogP contribution is -2.34. The molecule has 0 unspecified atom stereocenters. The van der Waals surface area contributed by atoms with Gasteiger partial charge in [0.05, 0.1) is 6.54 Å². The normalized spacial score (nSPS) is 10.9. The maximum absolute atomic E-state index is 13.6. The second kappa shape index (κ2) is 7.99. The maximum Gasteiger partial charge on any atom is 0.258 e. The standard InChI is InChI=1S/C26H24N2O2/c1-17-10-8-14-24(19(17)3)28(26(30)22-12-6-4-9-18(22)2)16-21-15-20-11-5-7-13-23(20)27-25(21)29/h4-15H,16H2,1-3H3,(H,27,29). The van der Waals surface area contributed by atoms with E-state index in [1.165, 1.54) is 0 Å². The zero-order valence-corrected chi connectivity index (χ0v) is 17.4. The van der Waals surface area contributed by atoms with Crippen molar-refractivity contribution < 1.29 is 4.79 Å². The topological polar surface area (TPSA) is 53.2 Å². The SMILES string of the molecule is Cc1ccccc1C(=O)N(Cc1cc2ccccc2[nH]c1=O)c1cccc(C)c1C. The minimum absolute atomic E-state index is 0.116. The van der Waals surface area contributed by atoms with E-state index in [2.05, 4.69) is 4.98 Å². The quantitative estimate of drug-likeness (QED) is 0.509. The largest absolute Gasteiger partial charge is 0.322 e. The Morgan fingerprint density at radius 2 is 1.57 bits per heavy atom. The molecule has 0 saturated carbocycles. The van der Waals surface area contributed by atoms with Crippen LogP contribution >= 0.6 is 0 Å². The summed E-state index contributed by atoms with van der Waals surface area (Å²) in [7, 11) is 0. The number of fused-ring (bicyclic) bond motifs is 1. The molecule has 1 amide bonds. The van der Waals surface area contributed by atoms with Crippen molar-refractivity contribution in [2.45, 2.75) is 27.3 Å². The molecule has 0 aliphatic heterocycles. The summed E-state index contributed by atoms with van der Waals surface area (Å²) in [5.74, 6) is -0.116. The predicted molar refractivity (Wildman–Crippen MR) is 122 cm³/mol. The van der Waals surface area contributed by atoms with Crippen LogP contribution in [0, 0.1) is 20.8 Å². The molecule has 30 heavy (non-hydrogen) atoms. The number of hydrogen-bond acceptors (Lipinski definition) is 2. The smallest absolute Gasteiger partial charge is 0.258 e. The van der Waals surface area contributed by atoms with Gasteiger partial charge in [-0.05, 0) is 67.1 Å². The lowest BCUT2D eigenvalue weighted by Gasteiger charge is -2.26. The molecule has 4 aromatic rings. The molecule has 0 saturated heterocycles. The van der Waals surface area contributed by atoms with Gasteiger partial charge in [-0.3, -0.25) is 9.59 Å². The van der Waals surface area contributed by atoms with Gasteiger partial charge in [-0.25, -0.2) is 0 Å². The van der Waals surface area contributed by atoms with Crippen molar-refractivity contribution >= 4 is 22.5 Å². The zero-order valence-electron chi connectivity index (χ0n) is 17.4. The highest BCUT2D eigenvalue weighted by molar-refractivity contribution is 6.07. The molecule has 0 spiro atoms. The van der Waals surface area contributed by atoms with Crippen LogP contribution in [-0.4, -0.2) is 10.9 Å². The van der Waals surface area contributed by atoms with Gasteiger partial charge in [-0.2, -0.15) is 0 Å². The molecule has 1 heterocycles. The van der Waals surface area contributed by atoms with Crippen LogP contribution < -0.4 is 10.5 Å². The summed E-state index contributed by atoms with van der Waals surface area (Å²) in [5.41, 5.74) is 5.64. The van der Waals surface area contributed by atoms with Crippen LogP contribution in [0.5, 0.6) is 0 Å². The third kappa shape index (κ3) is 3.64. The molecule has 150 valence electrons. The van der Waals surface area contributed by atoms with E-state index >= 15 is 0 Å². The molecule has 1 aromatic heterocycles. The first-order valence-corrected chi connectivity index (χ1v) is 10.0. The van der Waals surface area contributed by atoms with Gasteiger partial charge < -0.3 is 9.88 Å². The molecule has 3 aromatic carbocycles. The average Bonchev–Trinajstić information content (AvgIpc) is 2.74. The Morgan fingerprint density at radius 3 is 2.37 bits per heavy atom. The minimum atomic E-state index is -0.179. The highest BCUT2D eigenvalue weighted by atomic mass is 16.2. The molecule has 0 aliphatic rings. The summed E-state index contributed by atoms with van der Waals surface area (Å²) in [6.07, 6.45) is 0. The van der Waals surface area contributed by atoms with Crippen LogP contribution in [0.25, 0.3) is 10.9 Å². The van der Waals surface area contributed by atoms with Crippen molar-refractivity contribution in [2.75, 3.05) is 4.90 Å². The number of carbonyl (C=O) groups excluding carboxylic acids is 1. The molecular formula is C26H24N2O2. The summed E-state index contributed by atoms with van der Waals surface area (Å²) >= 11 is 0. The Balaban J connectivity index is 1.85. The second-order valence-electron chi connectivity index (χ2n) is 7.64. The minimum Gasteiger partial charge on any atom is -0.322 e. The number of aromatic amines is 1. The Hall–Kier alpha value is -3.66. The number of amides is 1. The average molecular weight is 396 g/mol. The van der Waals surface area contributed by atoms with Crippen molar-refractivity contribution in [3.05, 3.63) is 111 Å². The number of aromatic nitrogens is 1. The van der Waals surface area contributed by atoms with Gasteiger partial charge in [0.1, 0.15) is 0 Å². The number of benzene rings is 3. The molecular weight excluding hydrogens is 372 g/mol. The van der Waals surface area contributed by atoms with Crippen LogP contribution in [0.4, 0.5) is 5.69 Å². The lowest BCUT2D eigenvalue weighted by molar-refractivity contribution is 0.0984. The van der Waals surface area contributed by atoms with Gasteiger partial charge >= 0.3 is 0 Å². The van der Waals surface area contributed by atoms with Crippen LogP contribution in [-0.2, 0) is 6.54 Å². The second-order valence-corrected chi connectivity index (χ2v) is 7.64. The van der Waals surface area contributed by atoms with Crippen LogP contribution in [0.1, 0.15) is 32.6 Å². The van der Waals surface area contributed by atoms with E-state index in [4.69, 9.17) is 0 Å². The van der Waals surface area contributed by atoms with Crippen LogP contribution in [0.15, 0.2) is 77.6 Å². The monoisotopic (exact) mass is 396 g/mol. The molecule has 0 bridgehead atoms. The van der Waals surface area contributed by atoms with E-state index in [1.54, 1.807) is 4.90 Å². The highest BCUT2D eigenvalue weighted by Crippen LogP contribution is 2.27. The first-order chi connectivity index (χ1) is 14.5. The first kappa shape index (κ1) is 19.6. The number of para-hydroxylation sites is 1. The van der Waals surface area contributed by atoms with Crippen molar-refractivity contribution in [1.82, 2.24) is 4.98 Å². The Labute approximate surface area is 175 Å². The molecule has 0 atom stereocenters. The van der Waals surface area contributed by atoms with E-state index in [1.807, 2.05) is 93.6 Å². The summed E-state index contributed by atoms with van der Waals surface area (Å²) in [6.45, 7) is 6.15. The fourth-order valence-electron chi connectivity index (χ4n) is 3.73. The maximum atomic E-state index is 13.6. The number of nitrogens with one attached hydrogen (secondary N) is 1. The van der Waals surface area contributed by atoms with E-state index < -0.39 is 0 Å². The number of aryl methyl sites for hydroxylation is 2. The summed E-state index contributed by atoms with van der Waals surface area (Å²) in [4.78, 5) is 31.1. The fourth-order valence-corrected chi connectivity index (χ4v) is 3.73. The van der Waals surface area contributed by atoms with Gasteiger partial charge in [0.25, 0.3) is 11.5 Å². The van der Waals surface area contributed by atoms with Gasteiger partial charge in [-0.1, -0.05) is 48.5 Å². The van der Waals surface area contributed by atoms with Crippen molar-refractivity contribution in [3.63, 3.8) is 0 Å². The summed E-state index contributed by atoms with van der Waals surface area (Å²) in [5, 5.41) is 0.941. The van der Waals surface area contributed by atoms with Gasteiger partial charge in [0, 0.05) is 22.3 Å². The van der Waals surface area contributed by atoms with Crippen molar-refractivity contribution in [2.24, 2.45) is 0 Å². The lowest BCUT2D eigenvalue weighted by atomic mass is 10.0. The number of hydrogen-bond donors (Lipinski definition) is 1. The number of H-pyrrole nitrogens is 1. The first-order valence-electron chi connectivity index (χ1n) is 10.0. The van der Waals surface area contributed by atoms with E-state index in [0.29, 0.717) is 11.1 Å². The molecule has 4 nitrogen and oxygen atoms in total. The molecule has 0 radical (unpaired) electrons. The number of pyridine rings is 1. The number of anilines is 1. The highest BCUT2D eigenvalue weighted by Gasteiger charge is 2.22.